The van der Waals surface area contributed by atoms with E-state index < -0.39 is 0 Å². The smallest absolute Gasteiger partial charge is 0.253 e. The topological polar surface area (TPSA) is 80.8 Å². The molecule has 1 fully saturated rings. The zero-order valence-corrected chi connectivity index (χ0v) is 14.2. The van der Waals surface area contributed by atoms with E-state index in [2.05, 4.69) is 10.3 Å². The molecule has 134 valence electrons. The predicted octanol–water partition coefficient (Wildman–Crippen LogP) is 2.30. The minimum absolute atomic E-state index is 0.00798. The minimum atomic E-state index is -0.0935. The van der Waals surface area contributed by atoms with Crippen LogP contribution in [0.1, 0.15) is 23.2 Å². The molecule has 0 unspecified atom stereocenters. The molecule has 0 spiro atoms. The standard InChI is InChI=1S/C19H19N3O4/c23-18(21-15-3-7-20-8-4-15)13-5-9-22(10-6-13)19(24)14-1-2-16-17(11-14)26-12-25-16/h1-4,7-8,11,13H,5-6,9-10,12H2,(H,20,21,23). The number of pyridine rings is 1. The average molecular weight is 353 g/mol. The molecule has 0 bridgehead atoms. The van der Waals surface area contributed by atoms with Crippen LogP contribution in [0.2, 0.25) is 0 Å². The van der Waals surface area contributed by atoms with Crippen molar-refractivity contribution in [2.75, 3.05) is 25.2 Å². The Labute approximate surface area is 150 Å². The van der Waals surface area contributed by atoms with Crippen LogP contribution in [0, 0.1) is 5.92 Å². The van der Waals surface area contributed by atoms with E-state index in [0.717, 1.165) is 5.69 Å². The molecule has 0 aliphatic carbocycles. The van der Waals surface area contributed by atoms with Gasteiger partial charge in [0.2, 0.25) is 12.7 Å². The molecule has 3 heterocycles. The Kier molecular flexibility index (Phi) is 4.43. The number of aromatic nitrogens is 1. The summed E-state index contributed by atoms with van der Waals surface area (Å²) < 4.78 is 10.6. The maximum atomic E-state index is 12.7. The lowest BCUT2D eigenvalue weighted by Gasteiger charge is -2.31. The number of nitrogens with one attached hydrogen (secondary N) is 1. The number of carbonyl (C=O) groups excluding carboxylic acids is 2. The third kappa shape index (κ3) is 3.33. The van der Waals surface area contributed by atoms with Gasteiger partial charge in [-0.1, -0.05) is 0 Å². The van der Waals surface area contributed by atoms with E-state index in [9.17, 15) is 9.59 Å². The van der Waals surface area contributed by atoms with Crippen molar-refractivity contribution in [3.63, 3.8) is 0 Å². The molecule has 1 aromatic carbocycles. The summed E-state index contributed by atoms with van der Waals surface area (Å²) in [5.74, 6) is 1.11. The molecule has 7 heteroatoms. The summed E-state index contributed by atoms with van der Waals surface area (Å²) in [6, 6.07) is 8.74. The second-order valence-electron chi connectivity index (χ2n) is 6.36. The fourth-order valence-corrected chi connectivity index (χ4v) is 3.24. The lowest BCUT2D eigenvalue weighted by Crippen LogP contribution is -2.41. The molecule has 1 aromatic heterocycles. The number of hydrogen-bond donors (Lipinski definition) is 1. The van der Waals surface area contributed by atoms with Gasteiger partial charge in [-0.25, -0.2) is 0 Å². The van der Waals surface area contributed by atoms with Gasteiger partial charge in [0.25, 0.3) is 5.91 Å². The lowest BCUT2D eigenvalue weighted by molar-refractivity contribution is -0.121. The number of hydrogen-bond acceptors (Lipinski definition) is 5. The number of carbonyl (C=O) groups is 2. The normalized spacial score (nSPS) is 16.4. The Balaban J connectivity index is 1.34. The second kappa shape index (κ2) is 7.03. The van der Waals surface area contributed by atoms with Crippen LogP contribution >= 0.6 is 0 Å². The van der Waals surface area contributed by atoms with E-state index in [1.54, 1.807) is 47.6 Å². The van der Waals surface area contributed by atoms with E-state index in [-0.39, 0.29) is 24.5 Å². The van der Waals surface area contributed by atoms with Crippen molar-refractivity contribution in [1.29, 1.82) is 0 Å². The number of likely N-dealkylation sites (tertiary alicyclic amines) is 1. The first-order valence-electron chi connectivity index (χ1n) is 8.60. The average Bonchev–Trinajstić information content (AvgIpc) is 3.16. The quantitative estimate of drug-likeness (QED) is 0.916. The van der Waals surface area contributed by atoms with Crippen molar-refractivity contribution in [2.45, 2.75) is 12.8 Å². The SMILES string of the molecule is O=C(Nc1ccncc1)C1CCN(C(=O)c2ccc3c(c2)OCO3)CC1. The molecule has 2 aliphatic rings. The number of fused-ring (bicyclic) bond motifs is 1. The van der Waals surface area contributed by atoms with Crippen LogP contribution < -0.4 is 14.8 Å². The summed E-state index contributed by atoms with van der Waals surface area (Å²) in [4.78, 5) is 30.8. The van der Waals surface area contributed by atoms with E-state index in [1.165, 1.54) is 0 Å². The van der Waals surface area contributed by atoms with E-state index in [1.807, 2.05) is 0 Å². The van der Waals surface area contributed by atoms with Crippen LogP contribution in [0.15, 0.2) is 42.7 Å². The molecule has 7 nitrogen and oxygen atoms in total. The lowest BCUT2D eigenvalue weighted by atomic mass is 9.95. The highest BCUT2D eigenvalue weighted by Gasteiger charge is 2.28. The third-order valence-corrected chi connectivity index (χ3v) is 4.72. The van der Waals surface area contributed by atoms with Gasteiger partial charge in [-0.2, -0.15) is 0 Å². The maximum Gasteiger partial charge on any atom is 0.253 e. The van der Waals surface area contributed by atoms with Crippen LogP contribution in [0.3, 0.4) is 0 Å². The summed E-state index contributed by atoms with van der Waals surface area (Å²) in [6.07, 6.45) is 4.57. The van der Waals surface area contributed by atoms with E-state index in [4.69, 9.17) is 9.47 Å². The first-order valence-corrected chi connectivity index (χ1v) is 8.60. The van der Waals surface area contributed by atoms with Crippen LogP contribution in [-0.2, 0) is 4.79 Å². The van der Waals surface area contributed by atoms with Gasteiger partial charge in [0.1, 0.15) is 0 Å². The molecule has 4 rings (SSSR count). The molecule has 1 N–H and O–H groups in total. The Hall–Kier alpha value is -3.09. The van der Waals surface area contributed by atoms with Gasteiger partial charge >= 0.3 is 0 Å². The number of ether oxygens (including phenoxy) is 2. The number of anilines is 1. The molecular weight excluding hydrogens is 334 g/mol. The van der Waals surface area contributed by atoms with Gasteiger partial charge in [-0.05, 0) is 43.2 Å². The molecule has 0 radical (unpaired) electrons. The van der Waals surface area contributed by atoms with Gasteiger partial charge in [-0.3, -0.25) is 14.6 Å². The molecule has 2 aromatic rings. The molecule has 26 heavy (non-hydrogen) atoms. The summed E-state index contributed by atoms with van der Waals surface area (Å²) in [7, 11) is 0. The molecule has 2 amide bonds. The van der Waals surface area contributed by atoms with Crippen molar-refractivity contribution in [3.05, 3.63) is 48.3 Å². The Morgan fingerprint density at radius 3 is 2.54 bits per heavy atom. The number of nitrogens with zero attached hydrogens (tertiary/aromatic N) is 2. The van der Waals surface area contributed by atoms with Crippen LogP contribution in [0.4, 0.5) is 5.69 Å². The molecule has 0 saturated carbocycles. The highest BCUT2D eigenvalue weighted by atomic mass is 16.7. The van der Waals surface area contributed by atoms with E-state index in [0.29, 0.717) is 43.0 Å². The molecular formula is C19H19N3O4. The first-order chi connectivity index (χ1) is 12.7. The number of rotatable bonds is 3. The second-order valence-corrected chi connectivity index (χ2v) is 6.36. The Bertz CT molecular complexity index is 817. The van der Waals surface area contributed by atoms with Gasteiger partial charge in [0.15, 0.2) is 11.5 Å². The van der Waals surface area contributed by atoms with E-state index >= 15 is 0 Å². The molecule has 1 saturated heterocycles. The largest absolute Gasteiger partial charge is 0.454 e. The molecule has 0 atom stereocenters. The third-order valence-electron chi connectivity index (χ3n) is 4.72. The zero-order valence-electron chi connectivity index (χ0n) is 14.2. The number of amides is 2. The fourth-order valence-electron chi connectivity index (χ4n) is 3.24. The van der Waals surface area contributed by atoms with Crippen molar-refractivity contribution in [1.82, 2.24) is 9.88 Å². The summed E-state index contributed by atoms with van der Waals surface area (Å²) in [5.41, 5.74) is 1.32. The Morgan fingerprint density at radius 1 is 1.04 bits per heavy atom. The van der Waals surface area contributed by atoms with Gasteiger partial charge in [0.05, 0.1) is 0 Å². The first kappa shape index (κ1) is 16.4. The van der Waals surface area contributed by atoms with Crippen molar-refractivity contribution in [3.8, 4) is 11.5 Å². The summed E-state index contributed by atoms with van der Waals surface area (Å²) in [6.45, 7) is 1.30. The highest BCUT2D eigenvalue weighted by molar-refractivity contribution is 5.96. The molecule has 2 aliphatic heterocycles. The number of benzene rings is 1. The zero-order chi connectivity index (χ0) is 17.9. The Morgan fingerprint density at radius 2 is 1.77 bits per heavy atom. The van der Waals surface area contributed by atoms with Crippen LogP contribution in [0.5, 0.6) is 11.5 Å². The minimum Gasteiger partial charge on any atom is -0.454 e. The number of piperidine rings is 1. The van der Waals surface area contributed by atoms with Crippen LogP contribution in [0.25, 0.3) is 0 Å². The van der Waals surface area contributed by atoms with Crippen LogP contribution in [-0.4, -0.2) is 41.6 Å². The van der Waals surface area contributed by atoms with Crippen molar-refractivity contribution in [2.24, 2.45) is 5.92 Å². The summed E-state index contributed by atoms with van der Waals surface area (Å²) >= 11 is 0. The van der Waals surface area contributed by atoms with Gasteiger partial charge in [-0.15, -0.1) is 0 Å². The van der Waals surface area contributed by atoms with Gasteiger partial charge < -0.3 is 19.7 Å². The highest BCUT2D eigenvalue weighted by Crippen LogP contribution is 2.33. The maximum absolute atomic E-state index is 12.7. The van der Waals surface area contributed by atoms with Crippen molar-refractivity contribution >= 4 is 17.5 Å². The van der Waals surface area contributed by atoms with Gasteiger partial charge in [0, 0.05) is 42.7 Å². The fraction of sp³-hybridized carbons (Fsp3) is 0.316. The van der Waals surface area contributed by atoms with Crippen molar-refractivity contribution < 1.29 is 19.1 Å². The predicted molar refractivity (Wildman–Crippen MR) is 94.1 cm³/mol. The summed E-state index contributed by atoms with van der Waals surface area (Å²) in [5, 5.41) is 2.90. The monoisotopic (exact) mass is 353 g/mol.